The lowest BCUT2D eigenvalue weighted by molar-refractivity contribution is -0.193. The van der Waals surface area contributed by atoms with E-state index < -0.39 is 24.3 Å². The summed E-state index contributed by atoms with van der Waals surface area (Å²) in [5.74, 6) is -5.85. The fraction of sp³-hybridized carbons (Fsp3) is 0.286. The molecular weight excluding hydrogens is 660 g/mol. The van der Waals surface area contributed by atoms with Crippen LogP contribution in [0.5, 0.6) is 0 Å². The summed E-state index contributed by atoms with van der Waals surface area (Å²) in [6.07, 6.45) is -8.60. The zero-order valence-electron chi connectivity index (χ0n) is 25.0. The molecule has 0 atom stereocenters. The maximum Gasteiger partial charge on any atom is 0.490 e. The van der Waals surface area contributed by atoms with E-state index in [-0.39, 0.29) is 48.9 Å². The number of carboxylic acids is 2. The minimum absolute atomic E-state index is 0.0202. The molecule has 1 aromatic heterocycles. The molecule has 48 heavy (non-hydrogen) atoms. The van der Waals surface area contributed by atoms with Gasteiger partial charge in [0, 0.05) is 24.4 Å². The second kappa shape index (κ2) is 19.0. The second-order valence-corrected chi connectivity index (χ2v) is 9.20. The number of amides is 1. The number of halogens is 6. The number of aryl methyl sites for hydroxylation is 1. The maximum atomic E-state index is 13.0. The number of alkyl halides is 6. The minimum atomic E-state index is -5.08. The van der Waals surface area contributed by atoms with Crippen LogP contribution in [-0.2, 0) is 25.8 Å². The van der Waals surface area contributed by atoms with Crippen LogP contribution in [0.1, 0.15) is 22.7 Å². The van der Waals surface area contributed by atoms with Gasteiger partial charge >= 0.3 is 24.3 Å². The van der Waals surface area contributed by atoms with Crippen molar-refractivity contribution in [3.63, 3.8) is 0 Å². The first kappa shape index (κ1) is 40.2. The van der Waals surface area contributed by atoms with Gasteiger partial charge < -0.3 is 37.2 Å². The Hall–Kier alpha value is -5.82. The molecular formula is C28H31F6N7O7. The van der Waals surface area contributed by atoms with Gasteiger partial charge in [-0.05, 0) is 23.2 Å². The third kappa shape index (κ3) is 15.0. The molecule has 8 N–H and O–H groups in total. The summed E-state index contributed by atoms with van der Waals surface area (Å²) in [5.41, 5.74) is 12.8. The van der Waals surface area contributed by atoms with Gasteiger partial charge in [-0.25, -0.2) is 14.6 Å². The van der Waals surface area contributed by atoms with Gasteiger partial charge in [0.2, 0.25) is 11.9 Å². The highest BCUT2D eigenvalue weighted by Gasteiger charge is 2.38. The molecule has 0 aliphatic heterocycles. The Labute approximate surface area is 268 Å². The van der Waals surface area contributed by atoms with E-state index in [1.54, 1.807) is 13.1 Å². The summed E-state index contributed by atoms with van der Waals surface area (Å²) < 4.78 is 64.8. The Kier molecular flexibility index (Phi) is 15.9. The molecule has 14 nitrogen and oxygen atoms in total. The highest BCUT2D eigenvalue weighted by molar-refractivity contribution is 5.76. The van der Waals surface area contributed by atoms with Gasteiger partial charge in [0.25, 0.3) is 5.56 Å². The molecule has 1 heterocycles. The molecule has 3 rings (SSSR count). The van der Waals surface area contributed by atoms with Gasteiger partial charge in [-0.1, -0.05) is 60.7 Å². The number of hydrogen-bond acceptors (Lipinski definition) is 8. The lowest BCUT2D eigenvalue weighted by atomic mass is 9.91. The summed E-state index contributed by atoms with van der Waals surface area (Å²) in [4.78, 5) is 52.2. The zero-order valence-corrected chi connectivity index (χ0v) is 25.0. The van der Waals surface area contributed by atoms with Crippen LogP contribution in [0.4, 0.5) is 32.2 Å². The Bertz CT molecular complexity index is 1500. The molecule has 0 aliphatic carbocycles. The molecule has 0 saturated heterocycles. The predicted octanol–water partition coefficient (Wildman–Crippen LogP) is 2.38. The number of nitrogens with zero attached hydrogens (tertiary/aromatic N) is 3. The van der Waals surface area contributed by atoms with Crippen LogP contribution in [0.2, 0.25) is 0 Å². The zero-order chi connectivity index (χ0) is 36.5. The number of nitrogens with one attached hydrogen (secondary N) is 2. The summed E-state index contributed by atoms with van der Waals surface area (Å²) in [6.45, 7) is 2.33. The van der Waals surface area contributed by atoms with Gasteiger partial charge in [-0.15, -0.1) is 0 Å². The molecule has 0 bridgehead atoms. The van der Waals surface area contributed by atoms with Crippen molar-refractivity contribution in [3.8, 4) is 0 Å². The van der Waals surface area contributed by atoms with E-state index in [0.717, 1.165) is 11.1 Å². The smallest absolute Gasteiger partial charge is 0.475 e. The average Bonchev–Trinajstić information content (AvgIpc) is 3.01. The van der Waals surface area contributed by atoms with Crippen molar-refractivity contribution in [3.05, 3.63) is 94.0 Å². The highest BCUT2D eigenvalue weighted by atomic mass is 19.4. The quantitative estimate of drug-likeness (QED) is 0.0563. The fourth-order valence-electron chi connectivity index (χ4n) is 3.44. The van der Waals surface area contributed by atoms with Crippen molar-refractivity contribution in [2.24, 2.45) is 16.6 Å². The molecule has 0 radical (unpaired) electrons. The van der Waals surface area contributed by atoms with Crippen molar-refractivity contribution in [2.75, 3.05) is 25.0 Å². The number of benzene rings is 2. The van der Waals surface area contributed by atoms with Gasteiger partial charge in [0.05, 0.1) is 6.54 Å². The van der Waals surface area contributed by atoms with Crippen molar-refractivity contribution in [1.29, 1.82) is 0 Å². The van der Waals surface area contributed by atoms with Gasteiger partial charge in [-0.2, -0.15) is 26.3 Å². The number of hydrogen-bond donors (Lipinski definition) is 6. The van der Waals surface area contributed by atoms with Crippen molar-refractivity contribution >= 4 is 29.6 Å². The third-order valence-corrected chi connectivity index (χ3v) is 5.60. The lowest BCUT2D eigenvalue weighted by Gasteiger charge is -2.19. The first-order valence-corrected chi connectivity index (χ1v) is 13.3. The lowest BCUT2D eigenvalue weighted by Crippen LogP contribution is -2.36. The standard InChI is InChI=1S/C24H29N7O3.2C2HF3O2/c1-17-14-28-22(23(33)31(17)16-21(32)27-12-13-34-30-24(25)26)29-15-20(18-8-4-2-5-9-18)19-10-6-3-7-11-19;2*3-2(4,5)1(6)7/h2-11,14,20H,12-13,15-16H2,1H3,(H,27,32)(H,28,29)(H4,25,26,30);2*(H,6,7). The number of oxime groups is 1. The van der Waals surface area contributed by atoms with E-state index >= 15 is 0 Å². The minimum Gasteiger partial charge on any atom is -0.475 e. The summed E-state index contributed by atoms with van der Waals surface area (Å²) in [6, 6.07) is 20.1. The van der Waals surface area contributed by atoms with Crippen molar-refractivity contribution < 1.29 is 55.8 Å². The van der Waals surface area contributed by atoms with E-state index in [4.69, 9.17) is 36.1 Å². The molecule has 0 saturated carbocycles. The van der Waals surface area contributed by atoms with Gasteiger partial charge in [0.15, 0.2) is 5.82 Å². The fourth-order valence-corrected chi connectivity index (χ4v) is 3.44. The van der Waals surface area contributed by atoms with Crippen LogP contribution in [0.3, 0.4) is 0 Å². The van der Waals surface area contributed by atoms with Crippen LogP contribution < -0.4 is 27.7 Å². The van der Waals surface area contributed by atoms with E-state index in [2.05, 4.69) is 45.0 Å². The summed E-state index contributed by atoms with van der Waals surface area (Å²) in [5, 5.41) is 23.5. The number of rotatable bonds is 11. The van der Waals surface area contributed by atoms with Crippen LogP contribution in [-0.4, -0.2) is 75.6 Å². The van der Waals surface area contributed by atoms with Crippen LogP contribution in [0.25, 0.3) is 0 Å². The Morgan fingerprint density at radius 3 is 1.79 bits per heavy atom. The normalized spacial score (nSPS) is 10.8. The molecule has 0 spiro atoms. The number of carboxylic acid groups (broad SMARTS) is 2. The van der Waals surface area contributed by atoms with Crippen LogP contribution in [0.15, 0.2) is 76.8 Å². The molecule has 262 valence electrons. The molecule has 1 amide bonds. The van der Waals surface area contributed by atoms with Crippen LogP contribution in [0, 0.1) is 6.92 Å². The number of nitrogens with two attached hydrogens (primary N) is 2. The molecule has 0 aliphatic rings. The molecule has 0 unspecified atom stereocenters. The predicted molar refractivity (Wildman–Crippen MR) is 159 cm³/mol. The second-order valence-electron chi connectivity index (χ2n) is 9.20. The Morgan fingerprint density at radius 2 is 1.38 bits per heavy atom. The van der Waals surface area contributed by atoms with Crippen molar-refractivity contribution in [1.82, 2.24) is 14.9 Å². The topological polar surface area (TPSA) is 224 Å². The maximum absolute atomic E-state index is 13.0. The largest absolute Gasteiger partial charge is 0.490 e. The molecule has 3 aromatic rings. The van der Waals surface area contributed by atoms with Gasteiger partial charge in [-0.3, -0.25) is 14.2 Å². The summed E-state index contributed by atoms with van der Waals surface area (Å²) in [7, 11) is 0. The van der Waals surface area contributed by atoms with Crippen molar-refractivity contribution in [2.45, 2.75) is 31.7 Å². The van der Waals surface area contributed by atoms with E-state index in [1.165, 1.54) is 4.57 Å². The van der Waals surface area contributed by atoms with E-state index in [9.17, 15) is 35.9 Å². The number of aliphatic carboxylic acids is 2. The Morgan fingerprint density at radius 1 is 0.917 bits per heavy atom. The number of carbonyl (C=O) groups excluding carboxylic acids is 1. The average molecular weight is 692 g/mol. The summed E-state index contributed by atoms with van der Waals surface area (Å²) >= 11 is 0. The molecule has 2 aromatic carbocycles. The SMILES string of the molecule is Cc1cnc(NCC(c2ccccc2)c2ccccc2)c(=O)n1CC(=O)NCCON=C(N)N.O=C(O)C(F)(F)F.O=C(O)C(F)(F)F. The first-order chi connectivity index (χ1) is 22.3. The van der Waals surface area contributed by atoms with E-state index in [0.29, 0.717) is 12.2 Å². The number of anilines is 1. The first-order valence-electron chi connectivity index (χ1n) is 13.3. The number of guanidine groups is 1. The Balaban J connectivity index is 0.000000687. The monoisotopic (exact) mass is 691 g/mol. The van der Waals surface area contributed by atoms with Crippen LogP contribution >= 0.6 is 0 Å². The molecule has 20 heteroatoms. The highest BCUT2D eigenvalue weighted by Crippen LogP contribution is 2.24. The van der Waals surface area contributed by atoms with E-state index in [1.807, 2.05) is 36.4 Å². The molecule has 0 fully saturated rings. The van der Waals surface area contributed by atoms with Gasteiger partial charge in [0.1, 0.15) is 13.2 Å². The number of carbonyl (C=O) groups is 3. The third-order valence-electron chi connectivity index (χ3n) is 5.60. The number of aromatic nitrogens is 2.